The van der Waals surface area contributed by atoms with Crippen LogP contribution in [-0.4, -0.2) is 34.7 Å². The zero-order valence-electron chi connectivity index (χ0n) is 15.7. The number of urea groups is 1. The lowest BCUT2D eigenvalue weighted by Gasteiger charge is -2.29. The first-order chi connectivity index (χ1) is 14.4. The molecule has 4 rings (SSSR count). The highest BCUT2D eigenvalue weighted by molar-refractivity contribution is 7.14. The SMILES string of the molecule is [C-]#[N+]c1ccc(NC(=O)NCc2cc3c(s2)C(=O)N(C2CCC(=O)NC2=O)C3)cc1. The zero-order chi connectivity index (χ0) is 21.3. The minimum Gasteiger partial charge on any atom is -0.333 e. The lowest BCUT2D eigenvalue weighted by atomic mass is 10.0. The summed E-state index contributed by atoms with van der Waals surface area (Å²) in [6.45, 7) is 7.50. The van der Waals surface area contributed by atoms with Crippen molar-refractivity contribution in [3.05, 3.63) is 57.1 Å². The number of piperidine rings is 1. The molecule has 3 heterocycles. The number of rotatable bonds is 4. The van der Waals surface area contributed by atoms with Gasteiger partial charge in [0.25, 0.3) is 5.91 Å². The van der Waals surface area contributed by atoms with Gasteiger partial charge < -0.3 is 15.5 Å². The molecule has 2 aliphatic rings. The largest absolute Gasteiger partial charge is 0.333 e. The number of carbonyl (C=O) groups excluding carboxylic acids is 4. The molecular formula is C20H17N5O4S. The molecule has 3 N–H and O–H groups in total. The van der Waals surface area contributed by atoms with Crippen LogP contribution in [0.3, 0.4) is 0 Å². The number of fused-ring (bicyclic) bond motifs is 1. The predicted molar refractivity (Wildman–Crippen MR) is 109 cm³/mol. The van der Waals surface area contributed by atoms with E-state index in [0.717, 1.165) is 10.4 Å². The van der Waals surface area contributed by atoms with Gasteiger partial charge in [-0.15, -0.1) is 11.3 Å². The molecule has 1 atom stereocenters. The number of hydrogen-bond donors (Lipinski definition) is 3. The van der Waals surface area contributed by atoms with Gasteiger partial charge in [-0.25, -0.2) is 9.64 Å². The minimum absolute atomic E-state index is 0.221. The predicted octanol–water partition coefficient (Wildman–Crippen LogP) is 2.38. The topological polar surface area (TPSA) is 112 Å². The van der Waals surface area contributed by atoms with Crippen molar-refractivity contribution in [2.24, 2.45) is 0 Å². The molecule has 0 bridgehead atoms. The molecule has 2 aromatic rings. The Morgan fingerprint density at radius 3 is 2.70 bits per heavy atom. The Hall–Kier alpha value is -3.71. The molecule has 0 saturated carbocycles. The summed E-state index contributed by atoms with van der Waals surface area (Å²) in [4.78, 5) is 54.3. The number of amides is 5. The van der Waals surface area contributed by atoms with E-state index in [9.17, 15) is 19.2 Å². The van der Waals surface area contributed by atoms with Crippen molar-refractivity contribution in [2.45, 2.75) is 32.0 Å². The molecule has 9 nitrogen and oxygen atoms in total. The maximum atomic E-state index is 12.7. The van der Waals surface area contributed by atoms with E-state index >= 15 is 0 Å². The van der Waals surface area contributed by atoms with Crippen LogP contribution in [-0.2, 0) is 22.7 Å². The van der Waals surface area contributed by atoms with E-state index in [1.807, 2.05) is 6.07 Å². The van der Waals surface area contributed by atoms with Gasteiger partial charge in [0.1, 0.15) is 6.04 Å². The molecule has 30 heavy (non-hydrogen) atoms. The fourth-order valence-corrected chi connectivity index (χ4v) is 4.52. The van der Waals surface area contributed by atoms with Crippen molar-refractivity contribution < 1.29 is 19.2 Å². The van der Waals surface area contributed by atoms with Gasteiger partial charge in [-0.2, -0.15) is 0 Å². The van der Waals surface area contributed by atoms with Crippen LogP contribution < -0.4 is 16.0 Å². The van der Waals surface area contributed by atoms with Gasteiger partial charge in [-0.1, -0.05) is 12.1 Å². The fourth-order valence-electron chi connectivity index (χ4n) is 3.45. The lowest BCUT2D eigenvalue weighted by Crippen LogP contribution is -2.52. The summed E-state index contributed by atoms with van der Waals surface area (Å²) in [5.41, 5.74) is 1.88. The van der Waals surface area contributed by atoms with Crippen LogP contribution in [0.4, 0.5) is 16.2 Å². The lowest BCUT2D eigenvalue weighted by molar-refractivity contribution is -0.136. The van der Waals surface area contributed by atoms with Crippen LogP contribution >= 0.6 is 11.3 Å². The molecule has 1 fully saturated rings. The highest BCUT2D eigenvalue weighted by atomic mass is 32.1. The number of thiophene rings is 1. The number of nitrogens with zero attached hydrogens (tertiary/aromatic N) is 2. The average molecular weight is 423 g/mol. The van der Waals surface area contributed by atoms with Crippen molar-refractivity contribution in [1.29, 1.82) is 0 Å². The van der Waals surface area contributed by atoms with Crippen molar-refractivity contribution >= 4 is 46.5 Å². The van der Waals surface area contributed by atoms with E-state index in [4.69, 9.17) is 6.57 Å². The first-order valence-electron chi connectivity index (χ1n) is 9.23. The smallest absolute Gasteiger partial charge is 0.319 e. The van der Waals surface area contributed by atoms with Crippen LogP contribution in [0.25, 0.3) is 4.85 Å². The highest BCUT2D eigenvalue weighted by Gasteiger charge is 2.40. The van der Waals surface area contributed by atoms with Crippen molar-refractivity contribution in [2.75, 3.05) is 5.32 Å². The number of benzene rings is 1. The van der Waals surface area contributed by atoms with Gasteiger partial charge in [-0.3, -0.25) is 19.7 Å². The van der Waals surface area contributed by atoms with Gasteiger partial charge in [0.2, 0.25) is 11.8 Å². The zero-order valence-corrected chi connectivity index (χ0v) is 16.5. The molecule has 0 spiro atoms. The normalized spacial score (nSPS) is 17.9. The molecule has 5 amide bonds. The third-order valence-electron chi connectivity index (χ3n) is 4.92. The summed E-state index contributed by atoms with van der Waals surface area (Å²) in [6, 6.07) is 7.36. The Kier molecular flexibility index (Phi) is 5.20. The van der Waals surface area contributed by atoms with Crippen LogP contribution in [0, 0.1) is 6.57 Å². The highest BCUT2D eigenvalue weighted by Crippen LogP contribution is 2.33. The van der Waals surface area contributed by atoms with E-state index in [1.54, 1.807) is 24.3 Å². The third kappa shape index (κ3) is 3.88. The Balaban J connectivity index is 1.33. The first-order valence-corrected chi connectivity index (χ1v) is 10.0. The van der Waals surface area contributed by atoms with Gasteiger partial charge in [0.05, 0.1) is 18.0 Å². The Morgan fingerprint density at radius 2 is 2.03 bits per heavy atom. The standard InChI is InChI=1S/C20H17N5O4S/c1-21-12-2-4-13(5-3-12)23-20(29)22-9-14-8-11-10-25(19(28)17(11)30-14)15-6-7-16(26)24-18(15)27/h2-5,8,15H,6-7,9-10H2,(H2,22,23,29)(H,24,26,27). The van der Waals surface area contributed by atoms with Crippen LogP contribution in [0.2, 0.25) is 0 Å². The molecule has 1 aromatic heterocycles. The van der Waals surface area contributed by atoms with Crippen LogP contribution in [0.1, 0.15) is 33.0 Å². The second-order valence-corrected chi connectivity index (χ2v) is 8.07. The summed E-state index contributed by atoms with van der Waals surface area (Å²) in [5, 5.41) is 7.70. The van der Waals surface area contributed by atoms with Gasteiger partial charge >= 0.3 is 6.03 Å². The number of imide groups is 1. The second kappa shape index (κ2) is 7.96. The number of hydrogen-bond acceptors (Lipinski definition) is 5. The van der Waals surface area contributed by atoms with Crippen molar-refractivity contribution in [3.63, 3.8) is 0 Å². The maximum absolute atomic E-state index is 12.7. The molecule has 1 saturated heterocycles. The summed E-state index contributed by atoms with van der Waals surface area (Å²) in [6.07, 6.45) is 0.551. The molecule has 0 aliphatic carbocycles. The number of anilines is 1. The molecule has 1 unspecified atom stereocenters. The average Bonchev–Trinajstić information content (AvgIpc) is 3.26. The first kappa shape index (κ1) is 19.6. The van der Waals surface area contributed by atoms with Crippen molar-refractivity contribution in [1.82, 2.24) is 15.5 Å². The molecule has 2 aliphatic heterocycles. The summed E-state index contributed by atoms with van der Waals surface area (Å²) < 4.78 is 0. The third-order valence-corrected chi connectivity index (χ3v) is 6.08. The van der Waals surface area contributed by atoms with Crippen LogP contribution in [0.15, 0.2) is 30.3 Å². The monoisotopic (exact) mass is 423 g/mol. The van der Waals surface area contributed by atoms with Crippen molar-refractivity contribution in [3.8, 4) is 0 Å². The van der Waals surface area contributed by atoms with E-state index in [2.05, 4.69) is 20.8 Å². The molecule has 152 valence electrons. The number of carbonyl (C=O) groups is 4. The Labute approximate surface area is 175 Å². The Bertz CT molecular complexity index is 1090. The quantitative estimate of drug-likeness (QED) is 0.518. The van der Waals surface area contributed by atoms with Crippen LogP contribution in [0.5, 0.6) is 0 Å². The minimum atomic E-state index is -0.628. The van der Waals surface area contributed by atoms with E-state index < -0.39 is 18.0 Å². The number of nitrogens with one attached hydrogen (secondary N) is 3. The molecule has 0 radical (unpaired) electrons. The Morgan fingerprint density at radius 1 is 1.27 bits per heavy atom. The summed E-state index contributed by atoms with van der Waals surface area (Å²) in [5.74, 6) is -0.968. The van der Waals surface area contributed by atoms with E-state index in [1.165, 1.54) is 16.2 Å². The van der Waals surface area contributed by atoms with Gasteiger partial charge in [-0.05, 0) is 30.2 Å². The maximum Gasteiger partial charge on any atom is 0.319 e. The van der Waals surface area contributed by atoms with Gasteiger partial charge in [0, 0.05) is 23.5 Å². The summed E-state index contributed by atoms with van der Waals surface area (Å²) >= 11 is 1.29. The molecule has 10 heteroatoms. The summed E-state index contributed by atoms with van der Waals surface area (Å²) in [7, 11) is 0. The molecule has 1 aromatic carbocycles. The van der Waals surface area contributed by atoms with Gasteiger partial charge in [0.15, 0.2) is 5.69 Å². The second-order valence-electron chi connectivity index (χ2n) is 6.93. The van der Waals surface area contributed by atoms with E-state index in [-0.39, 0.29) is 24.8 Å². The molecular weight excluding hydrogens is 406 g/mol. The van der Waals surface area contributed by atoms with E-state index in [0.29, 0.717) is 29.2 Å². The fraction of sp³-hybridized carbons (Fsp3) is 0.250.